The van der Waals surface area contributed by atoms with Gasteiger partial charge in [-0.05, 0) is 26.7 Å². The zero-order valence-electron chi connectivity index (χ0n) is 11.5. The zero-order chi connectivity index (χ0) is 12.2. The van der Waals surface area contributed by atoms with Crippen LogP contribution in [0.5, 0.6) is 0 Å². The average molecular weight is 227 g/mol. The molecule has 0 amide bonds. The first-order valence-electron chi connectivity index (χ1n) is 6.74. The van der Waals surface area contributed by atoms with E-state index < -0.39 is 0 Å². The SMILES string of the molecule is CCC(CC)N1CCN(C(C)(C)CN)CC1. The van der Waals surface area contributed by atoms with Crippen LogP contribution in [0.2, 0.25) is 0 Å². The molecule has 3 heteroatoms. The fraction of sp³-hybridized carbons (Fsp3) is 1.00. The van der Waals surface area contributed by atoms with Gasteiger partial charge < -0.3 is 5.73 Å². The van der Waals surface area contributed by atoms with Crippen molar-refractivity contribution in [1.29, 1.82) is 0 Å². The summed E-state index contributed by atoms with van der Waals surface area (Å²) >= 11 is 0. The van der Waals surface area contributed by atoms with Gasteiger partial charge in [-0.1, -0.05) is 13.8 Å². The minimum atomic E-state index is 0.167. The third-order valence-corrected chi connectivity index (χ3v) is 4.13. The number of piperazine rings is 1. The number of nitrogens with zero attached hydrogens (tertiary/aromatic N) is 2. The largest absolute Gasteiger partial charge is 0.329 e. The van der Waals surface area contributed by atoms with E-state index in [0.717, 1.165) is 12.6 Å². The van der Waals surface area contributed by atoms with Gasteiger partial charge in [0.1, 0.15) is 0 Å². The fourth-order valence-electron chi connectivity index (χ4n) is 2.63. The molecule has 1 aliphatic heterocycles. The topological polar surface area (TPSA) is 32.5 Å². The lowest BCUT2D eigenvalue weighted by Crippen LogP contribution is -2.58. The van der Waals surface area contributed by atoms with Gasteiger partial charge in [-0.2, -0.15) is 0 Å². The monoisotopic (exact) mass is 227 g/mol. The molecule has 1 heterocycles. The first kappa shape index (κ1) is 13.9. The molecule has 0 aromatic rings. The lowest BCUT2D eigenvalue weighted by atomic mass is 10.0. The summed E-state index contributed by atoms with van der Waals surface area (Å²) < 4.78 is 0. The standard InChI is InChI=1S/C13H29N3/c1-5-12(6-2)15-7-9-16(10-8-15)13(3,4)11-14/h12H,5-11,14H2,1-4H3. The molecular weight excluding hydrogens is 198 g/mol. The van der Waals surface area contributed by atoms with Gasteiger partial charge in [0.25, 0.3) is 0 Å². The number of nitrogens with two attached hydrogens (primary N) is 1. The Morgan fingerprint density at radius 2 is 1.56 bits per heavy atom. The Hall–Kier alpha value is -0.120. The second-order valence-corrected chi connectivity index (χ2v) is 5.51. The molecular formula is C13H29N3. The van der Waals surface area contributed by atoms with E-state index in [-0.39, 0.29) is 5.54 Å². The molecule has 16 heavy (non-hydrogen) atoms. The van der Waals surface area contributed by atoms with Crippen LogP contribution in [0.3, 0.4) is 0 Å². The summed E-state index contributed by atoms with van der Waals surface area (Å²) in [5, 5.41) is 0. The molecule has 1 aliphatic rings. The first-order valence-corrected chi connectivity index (χ1v) is 6.74. The van der Waals surface area contributed by atoms with Crippen molar-refractivity contribution in [2.24, 2.45) is 5.73 Å². The second kappa shape index (κ2) is 5.99. The Balaban J connectivity index is 2.45. The van der Waals surface area contributed by atoms with E-state index in [2.05, 4.69) is 37.5 Å². The van der Waals surface area contributed by atoms with Gasteiger partial charge in [-0.25, -0.2) is 0 Å². The van der Waals surface area contributed by atoms with Gasteiger partial charge in [0, 0.05) is 44.3 Å². The number of rotatable bonds is 5. The highest BCUT2D eigenvalue weighted by Gasteiger charge is 2.29. The van der Waals surface area contributed by atoms with Crippen LogP contribution in [0.25, 0.3) is 0 Å². The van der Waals surface area contributed by atoms with Crippen molar-refractivity contribution in [3.05, 3.63) is 0 Å². The summed E-state index contributed by atoms with van der Waals surface area (Å²) in [6.45, 7) is 14.6. The van der Waals surface area contributed by atoms with Crippen molar-refractivity contribution in [2.75, 3.05) is 32.7 Å². The summed E-state index contributed by atoms with van der Waals surface area (Å²) in [5.74, 6) is 0. The molecule has 3 nitrogen and oxygen atoms in total. The van der Waals surface area contributed by atoms with E-state index >= 15 is 0 Å². The third kappa shape index (κ3) is 3.19. The summed E-state index contributed by atoms with van der Waals surface area (Å²) in [7, 11) is 0. The van der Waals surface area contributed by atoms with Crippen molar-refractivity contribution in [3.8, 4) is 0 Å². The summed E-state index contributed by atoms with van der Waals surface area (Å²) in [6.07, 6.45) is 2.55. The zero-order valence-corrected chi connectivity index (χ0v) is 11.5. The molecule has 0 atom stereocenters. The van der Waals surface area contributed by atoms with E-state index in [1.54, 1.807) is 0 Å². The molecule has 0 aliphatic carbocycles. The van der Waals surface area contributed by atoms with Crippen molar-refractivity contribution in [2.45, 2.75) is 52.1 Å². The Morgan fingerprint density at radius 1 is 1.06 bits per heavy atom. The molecule has 1 saturated heterocycles. The molecule has 0 bridgehead atoms. The molecule has 0 unspecified atom stereocenters. The fourth-order valence-corrected chi connectivity index (χ4v) is 2.63. The van der Waals surface area contributed by atoms with Crippen LogP contribution in [0.4, 0.5) is 0 Å². The summed E-state index contributed by atoms with van der Waals surface area (Å²) in [5.41, 5.74) is 6.00. The second-order valence-electron chi connectivity index (χ2n) is 5.51. The smallest absolute Gasteiger partial charge is 0.0276 e. The molecule has 0 spiro atoms. The maximum Gasteiger partial charge on any atom is 0.0276 e. The molecule has 1 fully saturated rings. The molecule has 0 aromatic carbocycles. The lowest BCUT2D eigenvalue weighted by Gasteiger charge is -2.45. The van der Waals surface area contributed by atoms with Crippen molar-refractivity contribution in [3.63, 3.8) is 0 Å². The highest BCUT2D eigenvalue weighted by atomic mass is 15.3. The molecule has 2 N–H and O–H groups in total. The number of hydrogen-bond donors (Lipinski definition) is 1. The Bertz CT molecular complexity index is 191. The van der Waals surface area contributed by atoms with Gasteiger partial charge in [0.15, 0.2) is 0 Å². The van der Waals surface area contributed by atoms with E-state index in [1.807, 2.05) is 0 Å². The summed E-state index contributed by atoms with van der Waals surface area (Å²) in [6, 6.07) is 0.781. The van der Waals surface area contributed by atoms with Gasteiger partial charge in [-0.3, -0.25) is 9.80 Å². The van der Waals surface area contributed by atoms with E-state index in [0.29, 0.717) is 0 Å². The van der Waals surface area contributed by atoms with Crippen LogP contribution in [0.15, 0.2) is 0 Å². The average Bonchev–Trinajstić information content (AvgIpc) is 2.31. The molecule has 0 radical (unpaired) electrons. The predicted octanol–water partition coefficient (Wildman–Crippen LogP) is 1.53. The predicted molar refractivity (Wildman–Crippen MR) is 70.6 cm³/mol. The third-order valence-electron chi connectivity index (χ3n) is 4.13. The van der Waals surface area contributed by atoms with Gasteiger partial charge >= 0.3 is 0 Å². The normalized spacial score (nSPS) is 20.6. The number of hydrogen-bond acceptors (Lipinski definition) is 3. The Kier molecular flexibility index (Phi) is 5.22. The lowest BCUT2D eigenvalue weighted by molar-refractivity contribution is 0.0360. The van der Waals surface area contributed by atoms with Gasteiger partial charge in [0.2, 0.25) is 0 Å². The molecule has 96 valence electrons. The Labute approximate surface area is 101 Å². The van der Waals surface area contributed by atoms with E-state index in [9.17, 15) is 0 Å². The Morgan fingerprint density at radius 3 is 1.94 bits per heavy atom. The van der Waals surface area contributed by atoms with Crippen molar-refractivity contribution < 1.29 is 0 Å². The molecule has 0 aromatic heterocycles. The highest BCUT2D eigenvalue weighted by molar-refractivity contribution is 4.87. The maximum atomic E-state index is 5.83. The van der Waals surface area contributed by atoms with Crippen LogP contribution in [0.1, 0.15) is 40.5 Å². The van der Waals surface area contributed by atoms with Crippen molar-refractivity contribution in [1.82, 2.24) is 9.80 Å². The van der Waals surface area contributed by atoms with Crippen LogP contribution in [-0.4, -0.2) is 54.1 Å². The summed E-state index contributed by atoms with van der Waals surface area (Å²) in [4.78, 5) is 5.18. The minimum Gasteiger partial charge on any atom is -0.329 e. The van der Waals surface area contributed by atoms with Crippen molar-refractivity contribution >= 4 is 0 Å². The first-order chi connectivity index (χ1) is 7.55. The van der Waals surface area contributed by atoms with Gasteiger partial charge in [0.05, 0.1) is 0 Å². The van der Waals surface area contributed by atoms with Crippen LogP contribution < -0.4 is 5.73 Å². The van der Waals surface area contributed by atoms with Crippen LogP contribution in [0, 0.1) is 0 Å². The quantitative estimate of drug-likeness (QED) is 0.773. The van der Waals surface area contributed by atoms with Gasteiger partial charge in [-0.15, -0.1) is 0 Å². The maximum absolute atomic E-state index is 5.83. The van der Waals surface area contributed by atoms with E-state index in [1.165, 1.54) is 39.0 Å². The molecule has 0 saturated carbocycles. The molecule has 1 rings (SSSR count). The van der Waals surface area contributed by atoms with Crippen LogP contribution in [-0.2, 0) is 0 Å². The van der Waals surface area contributed by atoms with E-state index in [4.69, 9.17) is 5.73 Å². The van der Waals surface area contributed by atoms with Crippen LogP contribution >= 0.6 is 0 Å². The minimum absolute atomic E-state index is 0.167. The highest BCUT2D eigenvalue weighted by Crippen LogP contribution is 2.18.